The highest BCUT2D eigenvalue weighted by Gasteiger charge is 2.24. The fraction of sp³-hybridized carbons (Fsp3) is 0.667. The van der Waals surface area contributed by atoms with Gasteiger partial charge in [0.2, 0.25) is 11.8 Å². The van der Waals surface area contributed by atoms with Crippen LogP contribution in [0.15, 0.2) is 0 Å². The van der Waals surface area contributed by atoms with Gasteiger partial charge in [-0.1, -0.05) is 0 Å². The molecule has 0 amide bonds. The zero-order chi connectivity index (χ0) is 15.1. The van der Waals surface area contributed by atoms with Crippen molar-refractivity contribution in [2.24, 2.45) is 0 Å². The first kappa shape index (κ1) is 16.1. The van der Waals surface area contributed by atoms with Crippen LogP contribution < -0.4 is 10.2 Å². The lowest BCUT2D eigenvalue weighted by Crippen LogP contribution is -2.22. The molecule has 0 unspecified atom stereocenters. The Morgan fingerprint density at radius 1 is 1.35 bits per heavy atom. The number of hydrogen-bond donors (Lipinski definition) is 2. The largest absolute Gasteiger partial charge is 0.396 e. The van der Waals surface area contributed by atoms with E-state index in [1.807, 2.05) is 0 Å². The van der Waals surface area contributed by atoms with E-state index in [0.29, 0.717) is 24.0 Å². The molecule has 1 heterocycles. The topological polar surface area (TPSA) is 104 Å². The number of rotatable bonds is 8. The molecule has 112 valence electrons. The lowest BCUT2D eigenvalue weighted by atomic mass is 10.2. The van der Waals surface area contributed by atoms with Gasteiger partial charge in [-0.2, -0.15) is 4.98 Å². The number of nitro groups is 1. The summed E-state index contributed by atoms with van der Waals surface area (Å²) in [5.41, 5.74) is 0.278. The monoisotopic (exact) mass is 283 g/mol. The average Bonchev–Trinajstić information content (AvgIpc) is 2.41. The van der Waals surface area contributed by atoms with Crippen LogP contribution in [-0.2, 0) is 0 Å². The SMILES string of the molecule is CNc1nc(C)c([N+](=O)[O-])c(N(C)CCCCCO)n1. The van der Waals surface area contributed by atoms with E-state index in [-0.39, 0.29) is 12.3 Å². The van der Waals surface area contributed by atoms with Gasteiger partial charge >= 0.3 is 5.69 Å². The van der Waals surface area contributed by atoms with Crippen molar-refractivity contribution in [3.05, 3.63) is 15.8 Å². The van der Waals surface area contributed by atoms with E-state index in [9.17, 15) is 10.1 Å². The molecule has 0 saturated heterocycles. The minimum atomic E-state index is -0.450. The van der Waals surface area contributed by atoms with Crippen LogP contribution in [0.25, 0.3) is 0 Å². The Morgan fingerprint density at radius 3 is 2.60 bits per heavy atom. The molecule has 0 fully saturated rings. The molecule has 0 aromatic carbocycles. The second kappa shape index (κ2) is 7.59. The Morgan fingerprint density at radius 2 is 2.05 bits per heavy atom. The van der Waals surface area contributed by atoms with Gasteiger partial charge in [-0.05, 0) is 26.2 Å². The van der Waals surface area contributed by atoms with Crippen LogP contribution in [0.5, 0.6) is 0 Å². The van der Waals surface area contributed by atoms with E-state index in [4.69, 9.17) is 5.11 Å². The third-order valence-electron chi connectivity index (χ3n) is 2.96. The molecule has 0 aliphatic heterocycles. The van der Waals surface area contributed by atoms with Crippen LogP contribution in [0.3, 0.4) is 0 Å². The molecule has 0 saturated carbocycles. The van der Waals surface area contributed by atoms with Gasteiger partial charge in [0, 0.05) is 27.2 Å². The van der Waals surface area contributed by atoms with Gasteiger partial charge in [-0.25, -0.2) is 4.98 Å². The third kappa shape index (κ3) is 4.02. The highest BCUT2D eigenvalue weighted by atomic mass is 16.6. The first-order valence-corrected chi connectivity index (χ1v) is 6.54. The maximum atomic E-state index is 11.2. The molecule has 0 radical (unpaired) electrons. The van der Waals surface area contributed by atoms with Crippen LogP contribution in [0.1, 0.15) is 25.0 Å². The van der Waals surface area contributed by atoms with Crippen molar-refractivity contribution in [1.82, 2.24) is 9.97 Å². The Kier molecular flexibility index (Phi) is 6.10. The highest BCUT2D eigenvalue weighted by molar-refractivity contribution is 5.62. The van der Waals surface area contributed by atoms with E-state index in [1.165, 1.54) is 0 Å². The summed E-state index contributed by atoms with van der Waals surface area (Å²) in [4.78, 5) is 20.7. The molecule has 20 heavy (non-hydrogen) atoms. The van der Waals surface area contributed by atoms with E-state index in [0.717, 1.165) is 19.3 Å². The van der Waals surface area contributed by atoms with Gasteiger partial charge in [0.05, 0.1) is 4.92 Å². The van der Waals surface area contributed by atoms with E-state index >= 15 is 0 Å². The Bertz CT molecular complexity index is 467. The fourth-order valence-corrected chi connectivity index (χ4v) is 1.89. The Balaban J connectivity index is 2.95. The standard InChI is InChI=1S/C12H21N5O3/c1-9-10(17(19)20)11(15-12(13-2)14-9)16(3)7-5-4-6-8-18/h18H,4-8H2,1-3H3,(H,13,14,15). The average molecular weight is 283 g/mol. The summed E-state index contributed by atoms with van der Waals surface area (Å²) in [7, 11) is 3.44. The van der Waals surface area contributed by atoms with Gasteiger partial charge in [0.1, 0.15) is 5.69 Å². The molecule has 0 spiro atoms. The van der Waals surface area contributed by atoms with E-state index in [2.05, 4.69) is 15.3 Å². The molecular weight excluding hydrogens is 262 g/mol. The van der Waals surface area contributed by atoms with Crippen LogP contribution in [0, 0.1) is 17.0 Å². The summed E-state index contributed by atoms with van der Waals surface area (Å²) in [6.07, 6.45) is 2.45. The zero-order valence-electron chi connectivity index (χ0n) is 12.1. The number of aryl methyl sites for hydroxylation is 1. The molecular formula is C12H21N5O3. The third-order valence-corrected chi connectivity index (χ3v) is 2.96. The van der Waals surface area contributed by atoms with Gasteiger partial charge in [-0.3, -0.25) is 10.1 Å². The number of nitrogens with zero attached hydrogens (tertiary/aromatic N) is 4. The first-order chi connectivity index (χ1) is 9.51. The van der Waals surface area contributed by atoms with Crippen molar-refractivity contribution >= 4 is 17.5 Å². The summed E-state index contributed by atoms with van der Waals surface area (Å²) < 4.78 is 0. The van der Waals surface area contributed by atoms with Crippen LogP contribution in [0.2, 0.25) is 0 Å². The van der Waals surface area contributed by atoms with E-state index in [1.54, 1.807) is 25.9 Å². The molecule has 8 nitrogen and oxygen atoms in total. The highest BCUT2D eigenvalue weighted by Crippen LogP contribution is 2.29. The maximum Gasteiger partial charge on any atom is 0.332 e. The molecule has 2 N–H and O–H groups in total. The lowest BCUT2D eigenvalue weighted by Gasteiger charge is -2.19. The number of nitrogens with one attached hydrogen (secondary N) is 1. The number of anilines is 2. The van der Waals surface area contributed by atoms with Crippen molar-refractivity contribution in [1.29, 1.82) is 0 Å². The predicted octanol–water partition coefficient (Wildman–Crippen LogP) is 1.33. The van der Waals surface area contributed by atoms with Crippen LogP contribution in [-0.4, -0.2) is 47.2 Å². The smallest absolute Gasteiger partial charge is 0.332 e. The normalized spacial score (nSPS) is 10.4. The second-order valence-electron chi connectivity index (χ2n) is 4.52. The fourth-order valence-electron chi connectivity index (χ4n) is 1.89. The second-order valence-corrected chi connectivity index (χ2v) is 4.52. The molecule has 0 bridgehead atoms. The number of aliphatic hydroxyl groups is 1. The summed E-state index contributed by atoms with van der Waals surface area (Å²) in [5.74, 6) is 0.682. The van der Waals surface area contributed by atoms with Crippen molar-refractivity contribution in [3.8, 4) is 0 Å². The molecule has 1 aromatic rings. The molecule has 8 heteroatoms. The summed E-state index contributed by atoms with van der Waals surface area (Å²) in [6, 6.07) is 0. The van der Waals surface area contributed by atoms with Gasteiger partial charge in [0.25, 0.3) is 0 Å². The van der Waals surface area contributed by atoms with Crippen molar-refractivity contribution in [2.45, 2.75) is 26.2 Å². The van der Waals surface area contributed by atoms with Gasteiger partial charge < -0.3 is 15.3 Å². The molecule has 1 rings (SSSR count). The summed E-state index contributed by atoms with van der Waals surface area (Å²) in [5, 5.41) is 22.7. The quantitative estimate of drug-likeness (QED) is 0.421. The molecule has 0 aliphatic rings. The minimum absolute atomic E-state index is 0.0614. The number of hydrogen-bond acceptors (Lipinski definition) is 7. The zero-order valence-corrected chi connectivity index (χ0v) is 12.1. The predicted molar refractivity (Wildman–Crippen MR) is 77.2 cm³/mol. The number of aliphatic hydroxyl groups excluding tert-OH is 1. The number of unbranched alkanes of at least 4 members (excludes halogenated alkanes) is 2. The number of aromatic nitrogens is 2. The molecule has 0 aliphatic carbocycles. The van der Waals surface area contributed by atoms with Gasteiger partial charge in [0.15, 0.2) is 0 Å². The van der Waals surface area contributed by atoms with Crippen LogP contribution >= 0.6 is 0 Å². The van der Waals surface area contributed by atoms with E-state index < -0.39 is 4.92 Å². The molecule has 0 atom stereocenters. The minimum Gasteiger partial charge on any atom is -0.396 e. The van der Waals surface area contributed by atoms with Crippen molar-refractivity contribution in [2.75, 3.05) is 37.5 Å². The lowest BCUT2D eigenvalue weighted by molar-refractivity contribution is -0.385. The van der Waals surface area contributed by atoms with Crippen molar-refractivity contribution < 1.29 is 10.0 Å². The Hall–Kier alpha value is -1.96. The van der Waals surface area contributed by atoms with Crippen LogP contribution in [0.4, 0.5) is 17.5 Å². The maximum absolute atomic E-state index is 11.2. The Labute approximate surface area is 118 Å². The summed E-state index contributed by atoms with van der Waals surface area (Å²) in [6.45, 7) is 2.41. The first-order valence-electron chi connectivity index (χ1n) is 6.54. The molecule has 1 aromatic heterocycles. The van der Waals surface area contributed by atoms with Crippen molar-refractivity contribution in [3.63, 3.8) is 0 Å². The summed E-state index contributed by atoms with van der Waals surface area (Å²) >= 11 is 0. The van der Waals surface area contributed by atoms with Gasteiger partial charge in [-0.15, -0.1) is 0 Å².